The van der Waals surface area contributed by atoms with Crippen LogP contribution < -0.4 is 10.6 Å². The lowest BCUT2D eigenvalue weighted by atomic mass is 10.1. The number of furan rings is 1. The third-order valence-corrected chi connectivity index (χ3v) is 5.30. The molecule has 0 unspecified atom stereocenters. The summed E-state index contributed by atoms with van der Waals surface area (Å²) in [6.45, 7) is 2.07. The molecule has 7 nitrogen and oxygen atoms in total. The minimum absolute atomic E-state index is 0.159. The van der Waals surface area contributed by atoms with Gasteiger partial charge in [-0.05, 0) is 36.2 Å². The molecule has 0 fully saturated rings. The van der Waals surface area contributed by atoms with Gasteiger partial charge in [-0.2, -0.15) is 0 Å². The predicted molar refractivity (Wildman–Crippen MR) is 117 cm³/mol. The maximum absolute atomic E-state index is 12.4. The third-order valence-electron chi connectivity index (χ3n) is 4.40. The summed E-state index contributed by atoms with van der Waals surface area (Å²) in [4.78, 5) is 24.6. The highest BCUT2D eigenvalue weighted by molar-refractivity contribution is 7.15. The molecule has 2 amide bonds. The van der Waals surface area contributed by atoms with Crippen LogP contribution in [0.25, 0.3) is 11.0 Å². The highest BCUT2D eigenvalue weighted by atomic mass is 32.1. The summed E-state index contributed by atoms with van der Waals surface area (Å²) < 4.78 is 5.58. The fourth-order valence-corrected chi connectivity index (χ4v) is 3.82. The Morgan fingerprint density at radius 3 is 2.60 bits per heavy atom. The lowest BCUT2D eigenvalue weighted by Gasteiger charge is -2.05. The molecule has 4 rings (SSSR count). The Morgan fingerprint density at radius 2 is 1.83 bits per heavy atom. The highest BCUT2D eigenvalue weighted by Gasteiger charge is 2.13. The van der Waals surface area contributed by atoms with Crippen LogP contribution in [0.4, 0.5) is 10.8 Å². The first-order valence-electron chi connectivity index (χ1n) is 9.62. The van der Waals surface area contributed by atoms with Crippen molar-refractivity contribution in [3.8, 4) is 0 Å². The fraction of sp³-hybridized carbons (Fsp3) is 0.182. The van der Waals surface area contributed by atoms with Gasteiger partial charge < -0.3 is 15.1 Å². The zero-order valence-corrected chi connectivity index (χ0v) is 17.2. The second-order valence-electron chi connectivity index (χ2n) is 6.78. The number of nitrogens with zero attached hydrogens (tertiary/aromatic N) is 2. The average molecular weight is 420 g/mol. The van der Waals surface area contributed by atoms with Crippen molar-refractivity contribution in [2.24, 2.45) is 0 Å². The third kappa shape index (κ3) is 4.72. The van der Waals surface area contributed by atoms with Crippen LogP contribution in [0.3, 0.4) is 0 Å². The summed E-state index contributed by atoms with van der Waals surface area (Å²) in [5.41, 5.74) is 2.12. The largest absolute Gasteiger partial charge is 0.451 e. The number of hydrogen-bond donors (Lipinski definition) is 2. The molecular weight excluding hydrogens is 400 g/mol. The van der Waals surface area contributed by atoms with Crippen molar-refractivity contribution in [2.45, 2.75) is 26.2 Å². The van der Waals surface area contributed by atoms with Crippen LogP contribution >= 0.6 is 11.3 Å². The molecular formula is C22H20N4O3S. The Balaban J connectivity index is 1.34. The van der Waals surface area contributed by atoms with Crippen molar-refractivity contribution in [3.05, 3.63) is 70.9 Å². The summed E-state index contributed by atoms with van der Waals surface area (Å²) in [5, 5.41) is 15.9. The van der Waals surface area contributed by atoms with Gasteiger partial charge in [-0.3, -0.25) is 9.59 Å². The Labute approximate surface area is 177 Å². The maximum atomic E-state index is 12.4. The van der Waals surface area contributed by atoms with E-state index in [1.165, 1.54) is 11.3 Å². The number of para-hydroxylation sites is 1. The molecule has 0 aliphatic rings. The number of fused-ring (bicyclic) bond motifs is 1. The molecule has 30 heavy (non-hydrogen) atoms. The molecule has 0 radical (unpaired) electrons. The van der Waals surface area contributed by atoms with E-state index >= 15 is 0 Å². The number of rotatable bonds is 7. The summed E-state index contributed by atoms with van der Waals surface area (Å²) in [7, 11) is 0. The van der Waals surface area contributed by atoms with E-state index in [2.05, 4.69) is 27.8 Å². The molecule has 2 aromatic carbocycles. The number of amides is 2. The van der Waals surface area contributed by atoms with Crippen LogP contribution in [0.1, 0.15) is 34.5 Å². The average Bonchev–Trinajstić information content (AvgIpc) is 3.36. The molecule has 0 saturated heterocycles. The van der Waals surface area contributed by atoms with E-state index in [1.54, 1.807) is 30.3 Å². The number of nitrogens with one attached hydrogen (secondary N) is 2. The second kappa shape index (κ2) is 8.87. The van der Waals surface area contributed by atoms with Crippen LogP contribution in [0.5, 0.6) is 0 Å². The van der Waals surface area contributed by atoms with Gasteiger partial charge in [0, 0.05) is 17.5 Å². The quantitative estimate of drug-likeness (QED) is 0.453. The number of aromatic nitrogens is 2. The number of benzene rings is 2. The van der Waals surface area contributed by atoms with Gasteiger partial charge in [0.05, 0.1) is 6.42 Å². The first kappa shape index (κ1) is 19.8. The molecule has 0 saturated carbocycles. The van der Waals surface area contributed by atoms with Crippen LogP contribution in [0, 0.1) is 0 Å². The van der Waals surface area contributed by atoms with Crippen molar-refractivity contribution in [3.63, 3.8) is 0 Å². The summed E-state index contributed by atoms with van der Waals surface area (Å²) in [5.74, 6) is -0.233. The van der Waals surface area contributed by atoms with Crippen molar-refractivity contribution in [2.75, 3.05) is 10.6 Å². The van der Waals surface area contributed by atoms with Gasteiger partial charge in [-0.15, -0.1) is 10.2 Å². The van der Waals surface area contributed by atoms with Gasteiger partial charge in [-0.1, -0.05) is 48.6 Å². The number of hydrogen-bond acceptors (Lipinski definition) is 6. The monoisotopic (exact) mass is 420 g/mol. The van der Waals surface area contributed by atoms with E-state index in [9.17, 15) is 9.59 Å². The lowest BCUT2D eigenvalue weighted by Crippen LogP contribution is -2.14. The molecule has 0 bridgehead atoms. The van der Waals surface area contributed by atoms with Crippen LogP contribution in [-0.4, -0.2) is 22.0 Å². The fourth-order valence-electron chi connectivity index (χ4n) is 2.96. The second-order valence-corrected chi connectivity index (χ2v) is 7.84. The minimum atomic E-state index is -0.323. The van der Waals surface area contributed by atoms with Crippen molar-refractivity contribution < 1.29 is 14.0 Å². The van der Waals surface area contributed by atoms with E-state index in [1.807, 2.05) is 24.3 Å². The summed E-state index contributed by atoms with van der Waals surface area (Å²) >= 11 is 1.39. The molecule has 2 aromatic heterocycles. The minimum Gasteiger partial charge on any atom is -0.451 e. The number of carbonyl (C=O) groups is 2. The number of aryl methyl sites for hydroxylation is 1. The number of anilines is 2. The summed E-state index contributed by atoms with van der Waals surface area (Å²) in [6, 6.07) is 16.3. The molecule has 4 aromatic rings. The molecule has 8 heteroatoms. The standard InChI is InChI=1S/C22H20N4O3S/c1-2-5-20-25-26-22(30-20)24-19(27)12-14-8-10-16(11-9-14)23-21(28)18-13-15-6-3-4-7-17(15)29-18/h3-4,6-11,13H,2,5,12H2,1H3,(H,23,28)(H,24,26,27). The first-order valence-corrected chi connectivity index (χ1v) is 10.4. The van der Waals surface area contributed by atoms with E-state index in [0.717, 1.165) is 28.8 Å². The van der Waals surface area contributed by atoms with E-state index < -0.39 is 0 Å². The summed E-state index contributed by atoms with van der Waals surface area (Å²) in [6.07, 6.45) is 2.05. The SMILES string of the molecule is CCCc1nnc(NC(=O)Cc2ccc(NC(=O)c3cc4ccccc4o3)cc2)s1. The first-order chi connectivity index (χ1) is 14.6. The van der Waals surface area contributed by atoms with Crippen LogP contribution in [-0.2, 0) is 17.6 Å². The highest BCUT2D eigenvalue weighted by Crippen LogP contribution is 2.20. The van der Waals surface area contributed by atoms with Gasteiger partial charge in [0.1, 0.15) is 10.6 Å². The van der Waals surface area contributed by atoms with Crippen LogP contribution in [0.2, 0.25) is 0 Å². The molecule has 2 heterocycles. The van der Waals surface area contributed by atoms with Gasteiger partial charge in [0.2, 0.25) is 11.0 Å². The van der Waals surface area contributed by atoms with Gasteiger partial charge in [0.25, 0.3) is 5.91 Å². The zero-order chi connectivity index (χ0) is 20.9. The molecule has 0 atom stereocenters. The molecule has 152 valence electrons. The molecule has 0 aliphatic carbocycles. The van der Waals surface area contributed by atoms with E-state index in [0.29, 0.717) is 16.4 Å². The Morgan fingerprint density at radius 1 is 1.03 bits per heavy atom. The Kier molecular flexibility index (Phi) is 5.85. The van der Waals surface area contributed by atoms with E-state index in [-0.39, 0.29) is 24.0 Å². The smallest absolute Gasteiger partial charge is 0.291 e. The van der Waals surface area contributed by atoms with Gasteiger partial charge >= 0.3 is 0 Å². The zero-order valence-electron chi connectivity index (χ0n) is 16.3. The normalized spacial score (nSPS) is 10.8. The van der Waals surface area contributed by atoms with E-state index in [4.69, 9.17) is 4.42 Å². The van der Waals surface area contributed by atoms with Crippen LogP contribution in [0.15, 0.2) is 59.0 Å². The molecule has 0 spiro atoms. The number of carbonyl (C=O) groups excluding carboxylic acids is 2. The van der Waals surface area contributed by atoms with Crippen molar-refractivity contribution in [1.82, 2.24) is 10.2 Å². The van der Waals surface area contributed by atoms with Gasteiger partial charge in [-0.25, -0.2) is 0 Å². The molecule has 0 aliphatic heterocycles. The Hall–Kier alpha value is -3.52. The lowest BCUT2D eigenvalue weighted by molar-refractivity contribution is -0.115. The predicted octanol–water partition coefficient (Wildman–Crippen LogP) is 4.67. The maximum Gasteiger partial charge on any atom is 0.291 e. The van der Waals surface area contributed by atoms with Crippen molar-refractivity contribution >= 4 is 44.9 Å². The van der Waals surface area contributed by atoms with Gasteiger partial charge in [0.15, 0.2) is 5.76 Å². The molecule has 2 N–H and O–H groups in total. The topological polar surface area (TPSA) is 97.1 Å². The Bertz CT molecular complexity index is 1150. The van der Waals surface area contributed by atoms with Crippen molar-refractivity contribution in [1.29, 1.82) is 0 Å².